The molecule has 0 radical (unpaired) electrons. The SMILES string of the molecule is C1=CC2=CC=CC(c3ccccc3C=Cc3ccc(-c4c5ccccc5c(-c5ccc(C=Cc6ccccc6-c6cccc7ccccc67)cc5)c5ccc(-c6ccccc6-c6ccccc6)cc45)cc3)C2C=C1. The lowest BCUT2D eigenvalue weighted by Gasteiger charge is -2.29. The summed E-state index contributed by atoms with van der Waals surface area (Å²) >= 11 is 0. The lowest BCUT2D eigenvalue weighted by molar-refractivity contribution is 0.669. The Hall–Kier alpha value is -9.36. The topological polar surface area (TPSA) is 0 Å². The maximum Gasteiger partial charge on any atom is 0.0131 e. The Morgan fingerprint density at radius 2 is 0.824 bits per heavy atom. The molecule has 0 heteroatoms. The Kier molecular flexibility index (Phi) is 11.9. The van der Waals surface area contributed by atoms with Crippen LogP contribution in [-0.2, 0) is 0 Å². The summed E-state index contributed by atoms with van der Waals surface area (Å²) in [6.45, 7) is 0. The standard InChI is InChI=1S/C74H52/c1-2-18-53(19-3-1)61-26-12-13-31-66(61)60-48-49-71-72(50-60)74(59-46-40-52(41-47-59)37-43-57-23-7-11-30-65(57)68-35-17-25-55-21-5-9-28-63(55)68)70-33-15-14-32-69(70)73(71)58-44-38-51(39-45-58)36-42-56-22-6-10-29-64(56)67-34-16-24-54-20-4-8-27-62(54)67/h1-50,63,68H. The van der Waals surface area contributed by atoms with Crippen LogP contribution in [0.5, 0.6) is 0 Å². The van der Waals surface area contributed by atoms with Crippen molar-refractivity contribution in [2.45, 2.75) is 5.92 Å². The maximum atomic E-state index is 2.44. The van der Waals surface area contributed by atoms with Gasteiger partial charge in [0.05, 0.1) is 0 Å². The molecule has 11 aromatic carbocycles. The van der Waals surface area contributed by atoms with E-state index in [1.54, 1.807) is 0 Å². The first-order valence-corrected chi connectivity index (χ1v) is 25.8. The molecule has 0 aliphatic heterocycles. The van der Waals surface area contributed by atoms with E-state index < -0.39 is 0 Å². The van der Waals surface area contributed by atoms with Gasteiger partial charge >= 0.3 is 0 Å². The summed E-state index contributed by atoms with van der Waals surface area (Å²) in [4.78, 5) is 0. The smallest absolute Gasteiger partial charge is 0.0131 e. The van der Waals surface area contributed by atoms with E-state index in [9.17, 15) is 0 Å². The molecule has 348 valence electrons. The molecule has 0 saturated carbocycles. The highest BCUT2D eigenvalue weighted by Gasteiger charge is 2.26. The summed E-state index contributed by atoms with van der Waals surface area (Å²) in [7, 11) is 0. The van der Waals surface area contributed by atoms with E-state index in [2.05, 4.69) is 303 Å². The van der Waals surface area contributed by atoms with Crippen LogP contribution in [0.3, 0.4) is 0 Å². The molecule has 0 fully saturated rings. The van der Waals surface area contributed by atoms with Crippen LogP contribution in [0.15, 0.2) is 285 Å². The second kappa shape index (κ2) is 19.7. The number of allylic oxidation sites excluding steroid dienone is 8. The number of hydrogen-bond acceptors (Lipinski definition) is 0. The molecule has 0 aromatic heterocycles. The molecule has 0 saturated heterocycles. The monoisotopic (exact) mass is 940 g/mol. The number of fused-ring (bicyclic) bond motifs is 4. The Bertz CT molecular complexity index is 4090. The predicted molar refractivity (Wildman–Crippen MR) is 319 cm³/mol. The lowest BCUT2D eigenvalue weighted by atomic mass is 9.75. The van der Waals surface area contributed by atoms with Crippen LogP contribution in [0.1, 0.15) is 33.7 Å². The van der Waals surface area contributed by atoms with Gasteiger partial charge in [0.2, 0.25) is 0 Å². The van der Waals surface area contributed by atoms with Gasteiger partial charge in [-0.15, -0.1) is 0 Å². The first-order chi connectivity index (χ1) is 36.7. The van der Waals surface area contributed by atoms with E-state index in [4.69, 9.17) is 0 Å². The first-order valence-electron chi connectivity index (χ1n) is 25.8. The fourth-order valence-corrected chi connectivity index (χ4v) is 11.5. The third-order valence-corrected chi connectivity index (χ3v) is 15.1. The Labute approximate surface area is 434 Å². The van der Waals surface area contributed by atoms with Gasteiger partial charge in [-0.3, -0.25) is 0 Å². The average Bonchev–Trinajstić information content (AvgIpc) is 3.48. The number of hydrogen-bond donors (Lipinski definition) is 0. The van der Waals surface area contributed by atoms with Crippen molar-refractivity contribution in [1.82, 2.24) is 0 Å². The summed E-state index contributed by atoms with van der Waals surface area (Å²) in [6.07, 6.45) is 24.8. The highest BCUT2D eigenvalue weighted by molar-refractivity contribution is 6.22. The van der Waals surface area contributed by atoms with Crippen LogP contribution in [0.25, 0.3) is 112 Å². The molecule has 0 nitrogen and oxygen atoms in total. The van der Waals surface area contributed by atoms with Gasteiger partial charge < -0.3 is 0 Å². The van der Waals surface area contributed by atoms with Gasteiger partial charge in [0, 0.05) is 11.8 Å². The van der Waals surface area contributed by atoms with E-state index in [0.29, 0.717) is 11.8 Å². The molecule has 0 amide bonds. The molecule has 0 bridgehead atoms. The third kappa shape index (κ3) is 8.47. The minimum absolute atomic E-state index is 0.290. The zero-order valence-electron chi connectivity index (χ0n) is 41.0. The van der Waals surface area contributed by atoms with Crippen molar-refractivity contribution in [2.24, 2.45) is 5.92 Å². The Balaban J connectivity index is 0.897. The molecule has 11 aromatic rings. The molecule has 0 heterocycles. The zero-order valence-corrected chi connectivity index (χ0v) is 41.0. The summed E-state index contributed by atoms with van der Waals surface area (Å²) in [5.41, 5.74) is 19.7. The van der Waals surface area contributed by atoms with Gasteiger partial charge in [-0.25, -0.2) is 0 Å². The summed E-state index contributed by atoms with van der Waals surface area (Å²) in [6, 6.07) is 86.8. The van der Waals surface area contributed by atoms with E-state index in [1.165, 1.54) is 110 Å². The van der Waals surface area contributed by atoms with Crippen molar-refractivity contribution in [3.8, 4) is 55.6 Å². The van der Waals surface area contributed by atoms with Crippen molar-refractivity contribution in [3.05, 3.63) is 313 Å². The van der Waals surface area contributed by atoms with Crippen molar-refractivity contribution >= 4 is 56.6 Å². The molecule has 0 spiro atoms. The van der Waals surface area contributed by atoms with E-state index >= 15 is 0 Å². The molecule has 2 atom stereocenters. The van der Waals surface area contributed by atoms with Gasteiger partial charge in [0.15, 0.2) is 0 Å². The van der Waals surface area contributed by atoms with Crippen LogP contribution < -0.4 is 0 Å². The number of benzene rings is 11. The second-order valence-electron chi connectivity index (χ2n) is 19.5. The summed E-state index contributed by atoms with van der Waals surface area (Å²) in [5, 5.41) is 7.43. The highest BCUT2D eigenvalue weighted by atomic mass is 14.3. The molecule has 2 unspecified atom stereocenters. The van der Waals surface area contributed by atoms with Crippen molar-refractivity contribution in [1.29, 1.82) is 0 Å². The summed E-state index contributed by atoms with van der Waals surface area (Å²) < 4.78 is 0. The molecule has 13 rings (SSSR count). The third-order valence-electron chi connectivity index (χ3n) is 15.1. The second-order valence-corrected chi connectivity index (χ2v) is 19.5. The van der Waals surface area contributed by atoms with Crippen LogP contribution in [0.4, 0.5) is 0 Å². The van der Waals surface area contributed by atoms with Crippen LogP contribution >= 0.6 is 0 Å². The van der Waals surface area contributed by atoms with E-state index in [0.717, 1.165) is 11.1 Å². The van der Waals surface area contributed by atoms with Crippen LogP contribution in [0.2, 0.25) is 0 Å². The normalized spacial score (nSPS) is 15.1. The Morgan fingerprint density at radius 3 is 1.57 bits per heavy atom. The van der Waals surface area contributed by atoms with Crippen molar-refractivity contribution in [2.75, 3.05) is 0 Å². The first kappa shape index (κ1) is 44.6. The van der Waals surface area contributed by atoms with Crippen molar-refractivity contribution in [3.63, 3.8) is 0 Å². The van der Waals surface area contributed by atoms with E-state index in [-0.39, 0.29) is 0 Å². The molecule has 2 aliphatic rings. The highest BCUT2D eigenvalue weighted by Crippen LogP contribution is 2.46. The largest absolute Gasteiger partial charge is 0.0761 e. The van der Waals surface area contributed by atoms with Crippen LogP contribution in [0, 0.1) is 5.92 Å². The van der Waals surface area contributed by atoms with Gasteiger partial charge in [-0.1, -0.05) is 297 Å². The minimum Gasteiger partial charge on any atom is -0.0761 e. The van der Waals surface area contributed by atoms with Gasteiger partial charge in [0.25, 0.3) is 0 Å². The summed E-state index contributed by atoms with van der Waals surface area (Å²) in [5.74, 6) is 0.637. The van der Waals surface area contributed by atoms with Crippen LogP contribution in [-0.4, -0.2) is 0 Å². The maximum absolute atomic E-state index is 2.44. The van der Waals surface area contributed by atoms with E-state index in [1.807, 2.05) is 0 Å². The number of rotatable bonds is 10. The van der Waals surface area contributed by atoms with Gasteiger partial charge in [-0.2, -0.15) is 0 Å². The van der Waals surface area contributed by atoms with Crippen molar-refractivity contribution < 1.29 is 0 Å². The quantitative estimate of drug-likeness (QED) is 0.0947. The van der Waals surface area contributed by atoms with Gasteiger partial charge in [0.1, 0.15) is 0 Å². The fourth-order valence-electron chi connectivity index (χ4n) is 11.5. The lowest BCUT2D eigenvalue weighted by Crippen LogP contribution is -2.15. The zero-order chi connectivity index (χ0) is 49.2. The minimum atomic E-state index is 0.290. The molecular weight excluding hydrogens is 889 g/mol. The molecule has 74 heavy (non-hydrogen) atoms. The predicted octanol–water partition coefficient (Wildman–Crippen LogP) is 20.1. The fraction of sp³-hybridized carbons (Fsp3) is 0.0270. The molecule has 0 N–H and O–H groups in total. The van der Waals surface area contributed by atoms with Gasteiger partial charge in [-0.05, 0) is 127 Å². The molecular formula is C74H52. The average molecular weight is 941 g/mol. The molecule has 2 aliphatic carbocycles. The Morgan fingerprint density at radius 1 is 0.297 bits per heavy atom.